The molecule has 0 heterocycles. The third-order valence-electron chi connectivity index (χ3n) is 2.73. The zero-order valence-electron chi connectivity index (χ0n) is 11.1. The number of hydrogen-bond donors (Lipinski definition) is 2. The van der Waals surface area contributed by atoms with E-state index in [9.17, 15) is 9.59 Å². The maximum atomic E-state index is 11.5. The molecule has 98 valence electrons. The third-order valence-corrected chi connectivity index (χ3v) is 2.73. The van der Waals surface area contributed by atoms with Crippen molar-refractivity contribution in [3.63, 3.8) is 0 Å². The first-order valence-corrected chi connectivity index (χ1v) is 6.17. The molecule has 0 bridgehead atoms. The Kier molecular flexibility index (Phi) is 5.36. The molecule has 0 aliphatic heterocycles. The second-order valence-electron chi connectivity index (χ2n) is 4.45. The van der Waals surface area contributed by atoms with E-state index < -0.39 is 11.8 Å². The summed E-state index contributed by atoms with van der Waals surface area (Å²) in [6, 6.07) is 7.83. The van der Waals surface area contributed by atoms with Crippen LogP contribution in [0.2, 0.25) is 0 Å². The minimum atomic E-state index is -0.586. The molecule has 18 heavy (non-hydrogen) atoms. The van der Waals surface area contributed by atoms with Crippen molar-refractivity contribution in [3.8, 4) is 0 Å². The maximum absolute atomic E-state index is 11.5. The van der Waals surface area contributed by atoms with Crippen molar-refractivity contribution in [1.82, 2.24) is 10.6 Å². The Balaban J connectivity index is 2.43. The minimum absolute atomic E-state index is 0.0159. The molecule has 4 heteroatoms. The first kappa shape index (κ1) is 14.2. The highest BCUT2D eigenvalue weighted by Gasteiger charge is 2.14. The number of aryl methyl sites for hydroxylation is 1. The lowest BCUT2D eigenvalue weighted by Gasteiger charge is -2.11. The van der Waals surface area contributed by atoms with Crippen LogP contribution in [-0.4, -0.2) is 17.9 Å². The number of amides is 2. The van der Waals surface area contributed by atoms with E-state index in [1.165, 1.54) is 0 Å². The van der Waals surface area contributed by atoms with Gasteiger partial charge in [0.1, 0.15) is 0 Å². The Morgan fingerprint density at radius 3 is 2.61 bits per heavy atom. The first-order valence-electron chi connectivity index (χ1n) is 6.17. The van der Waals surface area contributed by atoms with E-state index in [1.54, 1.807) is 0 Å². The predicted molar refractivity (Wildman–Crippen MR) is 70.9 cm³/mol. The molecule has 0 fully saturated rings. The lowest BCUT2D eigenvalue weighted by molar-refractivity contribution is -0.139. The summed E-state index contributed by atoms with van der Waals surface area (Å²) in [6.07, 6.45) is 0.802. The fraction of sp³-hybridized carbons (Fsp3) is 0.429. The van der Waals surface area contributed by atoms with E-state index >= 15 is 0 Å². The van der Waals surface area contributed by atoms with Crippen LogP contribution in [0, 0.1) is 6.92 Å². The molecule has 2 amide bonds. The van der Waals surface area contributed by atoms with Gasteiger partial charge in [-0.05, 0) is 25.8 Å². The van der Waals surface area contributed by atoms with E-state index in [1.807, 2.05) is 45.0 Å². The Hall–Kier alpha value is -1.84. The fourth-order valence-corrected chi connectivity index (χ4v) is 1.48. The van der Waals surface area contributed by atoms with E-state index in [0.717, 1.165) is 17.5 Å². The third kappa shape index (κ3) is 4.57. The van der Waals surface area contributed by atoms with Crippen LogP contribution in [0.3, 0.4) is 0 Å². The highest BCUT2D eigenvalue weighted by molar-refractivity contribution is 6.35. The summed E-state index contributed by atoms with van der Waals surface area (Å²) in [5.41, 5.74) is 2.12. The predicted octanol–water partition coefficient (Wildman–Crippen LogP) is 1.53. The van der Waals surface area contributed by atoms with Crippen LogP contribution >= 0.6 is 0 Å². The quantitative estimate of drug-likeness (QED) is 0.794. The molecule has 2 N–H and O–H groups in total. The minimum Gasteiger partial charge on any atom is -0.345 e. The van der Waals surface area contributed by atoms with Gasteiger partial charge in [-0.15, -0.1) is 0 Å². The highest BCUT2D eigenvalue weighted by Crippen LogP contribution is 2.03. The van der Waals surface area contributed by atoms with Crippen molar-refractivity contribution in [1.29, 1.82) is 0 Å². The highest BCUT2D eigenvalue weighted by atomic mass is 16.2. The lowest BCUT2D eigenvalue weighted by Crippen LogP contribution is -2.43. The van der Waals surface area contributed by atoms with Crippen molar-refractivity contribution in [2.45, 2.75) is 39.8 Å². The topological polar surface area (TPSA) is 58.2 Å². The number of carbonyl (C=O) groups is 2. The second kappa shape index (κ2) is 6.79. The maximum Gasteiger partial charge on any atom is 0.309 e. The van der Waals surface area contributed by atoms with Crippen LogP contribution in [0.4, 0.5) is 0 Å². The molecule has 0 aliphatic carbocycles. The van der Waals surface area contributed by atoms with Gasteiger partial charge < -0.3 is 10.6 Å². The van der Waals surface area contributed by atoms with Crippen molar-refractivity contribution in [2.24, 2.45) is 0 Å². The Labute approximate surface area is 108 Å². The molecule has 1 aromatic carbocycles. The lowest BCUT2D eigenvalue weighted by atomic mass is 10.1. The summed E-state index contributed by atoms with van der Waals surface area (Å²) in [7, 11) is 0. The molecule has 0 spiro atoms. The van der Waals surface area contributed by atoms with E-state index in [-0.39, 0.29) is 6.04 Å². The molecule has 1 atom stereocenters. The first-order chi connectivity index (χ1) is 8.52. The van der Waals surface area contributed by atoms with Crippen LogP contribution < -0.4 is 10.6 Å². The average molecular weight is 248 g/mol. The Morgan fingerprint density at radius 2 is 2.00 bits per heavy atom. The molecular weight excluding hydrogens is 228 g/mol. The van der Waals surface area contributed by atoms with Gasteiger partial charge in [-0.25, -0.2) is 0 Å². The van der Waals surface area contributed by atoms with Crippen molar-refractivity contribution in [2.75, 3.05) is 0 Å². The zero-order chi connectivity index (χ0) is 13.5. The van der Waals surface area contributed by atoms with E-state index in [4.69, 9.17) is 0 Å². The van der Waals surface area contributed by atoms with Crippen molar-refractivity contribution < 1.29 is 9.59 Å². The van der Waals surface area contributed by atoms with E-state index in [2.05, 4.69) is 10.6 Å². The Bertz CT molecular complexity index is 430. The number of rotatable bonds is 4. The molecule has 0 unspecified atom stereocenters. The van der Waals surface area contributed by atoms with Gasteiger partial charge in [0.15, 0.2) is 0 Å². The van der Waals surface area contributed by atoms with Gasteiger partial charge in [-0.1, -0.05) is 36.8 Å². The van der Waals surface area contributed by atoms with Gasteiger partial charge in [-0.2, -0.15) is 0 Å². The van der Waals surface area contributed by atoms with Crippen LogP contribution in [0.25, 0.3) is 0 Å². The van der Waals surface area contributed by atoms with E-state index in [0.29, 0.717) is 6.54 Å². The second-order valence-corrected chi connectivity index (χ2v) is 4.45. The monoisotopic (exact) mass is 248 g/mol. The molecular formula is C14H20N2O2. The van der Waals surface area contributed by atoms with Gasteiger partial charge in [0.25, 0.3) is 0 Å². The molecule has 0 saturated carbocycles. The number of hydrogen-bond acceptors (Lipinski definition) is 2. The van der Waals surface area contributed by atoms with Crippen molar-refractivity contribution >= 4 is 11.8 Å². The molecule has 0 radical (unpaired) electrons. The molecule has 0 aliphatic rings. The van der Waals surface area contributed by atoms with Crippen molar-refractivity contribution in [3.05, 3.63) is 35.4 Å². The Morgan fingerprint density at radius 1 is 1.28 bits per heavy atom. The normalized spacial score (nSPS) is 11.7. The zero-order valence-corrected chi connectivity index (χ0v) is 11.1. The SMILES string of the molecule is CC[C@H](C)NC(=O)C(=O)NCc1cccc(C)c1. The van der Waals surface area contributed by atoms with Crippen LogP contribution in [-0.2, 0) is 16.1 Å². The molecule has 4 nitrogen and oxygen atoms in total. The van der Waals surface area contributed by atoms with Gasteiger partial charge in [0.2, 0.25) is 0 Å². The smallest absolute Gasteiger partial charge is 0.309 e. The van der Waals surface area contributed by atoms with Crippen LogP contribution in [0.1, 0.15) is 31.4 Å². The molecule has 0 aromatic heterocycles. The fourth-order valence-electron chi connectivity index (χ4n) is 1.48. The number of benzene rings is 1. The molecule has 0 saturated heterocycles. The largest absolute Gasteiger partial charge is 0.345 e. The number of carbonyl (C=O) groups excluding carboxylic acids is 2. The average Bonchev–Trinajstić information content (AvgIpc) is 2.35. The summed E-state index contributed by atoms with van der Waals surface area (Å²) < 4.78 is 0. The molecule has 1 aromatic rings. The summed E-state index contributed by atoms with van der Waals surface area (Å²) in [4.78, 5) is 23.0. The standard InChI is InChI=1S/C14H20N2O2/c1-4-11(3)16-14(18)13(17)15-9-12-7-5-6-10(2)8-12/h5-8,11H,4,9H2,1-3H3,(H,15,17)(H,16,18)/t11-/m0/s1. The summed E-state index contributed by atoms with van der Waals surface area (Å²) in [6.45, 7) is 6.18. The van der Waals surface area contributed by atoms with Crippen LogP contribution in [0.5, 0.6) is 0 Å². The summed E-state index contributed by atoms with van der Waals surface area (Å²) in [5.74, 6) is -1.16. The van der Waals surface area contributed by atoms with Gasteiger partial charge in [-0.3, -0.25) is 9.59 Å². The summed E-state index contributed by atoms with van der Waals surface area (Å²) in [5, 5.41) is 5.23. The van der Waals surface area contributed by atoms with Gasteiger partial charge >= 0.3 is 11.8 Å². The number of nitrogens with one attached hydrogen (secondary N) is 2. The molecule has 1 rings (SSSR count). The summed E-state index contributed by atoms with van der Waals surface area (Å²) >= 11 is 0. The van der Waals surface area contributed by atoms with Gasteiger partial charge in [0.05, 0.1) is 0 Å². The van der Waals surface area contributed by atoms with Crippen LogP contribution in [0.15, 0.2) is 24.3 Å². The van der Waals surface area contributed by atoms with Gasteiger partial charge in [0, 0.05) is 12.6 Å².